The monoisotopic (exact) mass is 250 g/mol. The number of hydrogen-bond donors (Lipinski definition) is 0. The maximum absolute atomic E-state index is 13.2. The van der Waals surface area contributed by atoms with Crippen molar-refractivity contribution in [3.63, 3.8) is 0 Å². The van der Waals surface area contributed by atoms with Crippen LogP contribution in [-0.4, -0.2) is 18.1 Å². The number of pyridine rings is 1. The SMILES string of the molecule is CC(C)(C)C1CCCN(c2cccc(F)n2)CC1. The fourth-order valence-corrected chi connectivity index (χ4v) is 2.77. The van der Waals surface area contributed by atoms with Gasteiger partial charge >= 0.3 is 0 Å². The number of anilines is 1. The minimum absolute atomic E-state index is 0.366. The van der Waals surface area contributed by atoms with Crippen LogP contribution in [0.1, 0.15) is 40.0 Å². The third-order valence-corrected chi connectivity index (χ3v) is 3.98. The Kier molecular flexibility index (Phi) is 3.88. The summed E-state index contributed by atoms with van der Waals surface area (Å²) in [7, 11) is 0. The van der Waals surface area contributed by atoms with Crippen LogP contribution >= 0.6 is 0 Å². The smallest absolute Gasteiger partial charge is 0.214 e. The molecule has 1 unspecified atom stereocenters. The lowest BCUT2D eigenvalue weighted by Gasteiger charge is -2.29. The van der Waals surface area contributed by atoms with Crippen LogP contribution in [-0.2, 0) is 0 Å². The van der Waals surface area contributed by atoms with Crippen LogP contribution in [0.4, 0.5) is 10.2 Å². The Labute approximate surface area is 109 Å². The molecule has 2 heterocycles. The number of rotatable bonds is 1. The molecule has 0 aromatic carbocycles. The average molecular weight is 250 g/mol. The van der Waals surface area contributed by atoms with E-state index in [4.69, 9.17) is 0 Å². The van der Waals surface area contributed by atoms with E-state index in [0.29, 0.717) is 5.41 Å². The molecular formula is C15H23FN2. The molecular weight excluding hydrogens is 227 g/mol. The van der Waals surface area contributed by atoms with Gasteiger partial charge in [-0.3, -0.25) is 0 Å². The van der Waals surface area contributed by atoms with Crippen molar-refractivity contribution in [2.45, 2.75) is 40.0 Å². The molecule has 2 nitrogen and oxygen atoms in total. The van der Waals surface area contributed by atoms with E-state index in [0.717, 1.165) is 24.8 Å². The van der Waals surface area contributed by atoms with Gasteiger partial charge in [-0.1, -0.05) is 26.8 Å². The molecule has 0 spiro atoms. The van der Waals surface area contributed by atoms with Crippen molar-refractivity contribution in [3.05, 3.63) is 24.1 Å². The van der Waals surface area contributed by atoms with Crippen molar-refractivity contribution >= 4 is 5.82 Å². The van der Waals surface area contributed by atoms with Crippen molar-refractivity contribution < 1.29 is 4.39 Å². The van der Waals surface area contributed by atoms with E-state index in [1.165, 1.54) is 25.3 Å². The predicted molar refractivity (Wildman–Crippen MR) is 73.2 cm³/mol. The van der Waals surface area contributed by atoms with E-state index >= 15 is 0 Å². The van der Waals surface area contributed by atoms with Crippen LogP contribution in [0.2, 0.25) is 0 Å². The second kappa shape index (κ2) is 5.25. The van der Waals surface area contributed by atoms with Gasteiger partial charge in [-0.05, 0) is 42.7 Å². The molecule has 3 heteroatoms. The topological polar surface area (TPSA) is 16.1 Å². The number of aromatic nitrogens is 1. The number of halogens is 1. The van der Waals surface area contributed by atoms with Crippen LogP contribution < -0.4 is 4.90 Å². The summed E-state index contributed by atoms with van der Waals surface area (Å²) in [4.78, 5) is 6.20. The highest BCUT2D eigenvalue weighted by Gasteiger charge is 2.27. The maximum atomic E-state index is 13.2. The quantitative estimate of drug-likeness (QED) is 0.703. The summed E-state index contributed by atoms with van der Waals surface area (Å²) in [6.07, 6.45) is 3.59. The Morgan fingerprint density at radius 2 is 2.00 bits per heavy atom. The van der Waals surface area contributed by atoms with E-state index in [1.807, 2.05) is 6.07 Å². The first kappa shape index (κ1) is 13.3. The summed E-state index contributed by atoms with van der Waals surface area (Å²) in [5.41, 5.74) is 0.366. The Balaban J connectivity index is 2.05. The highest BCUT2D eigenvalue weighted by molar-refractivity contribution is 5.37. The molecule has 0 radical (unpaired) electrons. The van der Waals surface area contributed by atoms with Crippen LogP contribution in [0.25, 0.3) is 0 Å². The molecule has 1 aliphatic heterocycles. The zero-order valence-electron chi connectivity index (χ0n) is 11.6. The molecule has 1 saturated heterocycles. The van der Waals surface area contributed by atoms with Crippen LogP contribution in [0.15, 0.2) is 18.2 Å². The third-order valence-electron chi connectivity index (χ3n) is 3.98. The van der Waals surface area contributed by atoms with E-state index in [1.54, 1.807) is 6.07 Å². The fourth-order valence-electron chi connectivity index (χ4n) is 2.77. The zero-order chi connectivity index (χ0) is 13.2. The third kappa shape index (κ3) is 3.21. The predicted octanol–water partition coefficient (Wildman–Crippen LogP) is 3.87. The van der Waals surface area contributed by atoms with Gasteiger partial charge in [0.25, 0.3) is 0 Å². The van der Waals surface area contributed by atoms with Crippen molar-refractivity contribution in [3.8, 4) is 0 Å². The van der Waals surface area contributed by atoms with Crippen molar-refractivity contribution in [2.75, 3.05) is 18.0 Å². The second-order valence-corrected chi connectivity index (χ2v) is 6.30. The molecule has 1 aromatic heterocycles. The summed E-state index contributed by atoms with van der Waals surface area (Å²) in [5.74, 6) is 1.14. The molecule has 18 heavy (non-hydrogen) atoms. The Morgan fingerprint density at radius 3 is 2.67 bits per heavy atom. The molecule has 1 atom stereocenters. The van der Waals surface area contributed by atoms with Crippen molar-refractivity contribution in [2.24, 2.45) is 11.3 Å². The van der Waals surface area contributed by atoms with Gasteiger partial charge in [0.1, 0.15) is 5.82 Å². The van der Waals surface area contributed by atoms with Gasteiger partial charge in [0.05, 0.1) is 0 Å². The fraction of sp³-hybridized carbons (Fsp3) is 0.667. The van der Waals surface area contributed by atoms with E-state index in [2.05, 4.69) is 30.7 Å². The number of hydrogen-bond acceptors (Lipinski definition) is 2. The molecule has 0 bridgehead atoms. The normalized spacial score (nSPS) is 21.8. The summed E-state index contributed by atoms with van der Waals surface area (Å²) in [6.45, 7) is 8.91. The van der Waals surface area contributed by atoms with Gasteiger partial charge in [-0.2, -0.15) is 4.39 Å². The van der Waals surface area contributed by atoms with E-state index in [9.17, 15) is 4.39 Å². The lowest BCUT2D eigenvalue weighted by molar-refractivity contribution is 0.220. The lowest BCUT2D eigenvalue weighted by Crippen LogP contribution is -2.26. The Morgan fingerprint density at radius 1 is 1.22 bits per heavy atom. The minimum atomic E-state index is -0.385. The number of nitrogens with zero attached hydrogens (tertiary/aromatic N) is 2. The van der Waals surface area contributed by atoms with E-state index < -0.39 is 0 Å². The standard InChI is InChI=1S/C15H23FN2/c1-15(2,3)12-6-5-10-18(11-9-12)14-8-4-7-13(16)17-14/h4,7-8,12H,5-6,9-11H2,1-3H3. The lowest BCUT2D eigenvalue weighted by atomic mass is 9.77. The van der Waals surface area contributed by atoms with Gasteiger partial charge in [-0.15, -0.1) is 0 Å². The summed E-state index contributed by atoms with van der Waals surface area (Å²) >= 11 is 0. The molecule has 0 saturated carbocycles. The summed E-state index contributed by atoms with van der Waals surface area (Å²) in [5, 5.41) is 0. The first-order chi connectivity index (χ1) is 8.47. The van der Waals surface area contributed by atoms with Gasteiger partial charge < -0.3 is 4.90 Å². The first-order valence-corrected chi connectivity index (χ1v) is 6.84. The van der Waals surface area contributed by atoms with Gasteiger partial charge in [0, 0.05) is 13.1 Å². The minimum Gasteiger partial charge on any atom is -0.357 e. The molecule has 0 amide bonds. The Hall–Kier alpha value is -1.12. The van der Waals surface area contributed by atoms with Crippen LogP contribution in [0.5, 0.6) is 0 Å². The van der Waals surface area contributed by atoms with Crippen molar-refractivity contribution in [1.82, 2.24) is 4.98 Å². The first-order valence-electron chi connectivity index (χ1n) is 6.84. The van der Waals surface area contributed by atoms with Gasteiger partial charge in [0.2, 0.25) is 5.95 Å². The zero-order valence-corrected chi connectivity index (χ0v) is 11.6. The van der Waals surface area contributed by atoms with Gasteiger partial charge in [0.15, 0.2) is 0 Å². The van der Waals surface area contributed by atoms with Crippen LogP contribution in [0, 0.1) is 17.3 Å². The second-order valence-electron chi connectivity index (χ2n) is 6.30. The highest BCUT2D eigenvalue weighted by atomic mass is 19.1. The molecule has 1 aliphatic rings. The molecule has 1 fully saturated rings. The highest BCUT2D eigenvalue weighted by Crippen LogP contribution is 2.34. The molecule has 100 valence electrons. The summed E-state index contributed by atoms with van der Waals surface area (Å²) < 4.78 is 13.2. The largest absolute Gasteiger partial charge is 0.357 e. The van der Waals surface area contributed by atoms with Crippen LogP contribution in [0.3, 0.4) is 0 Å². The van der Waals surface area contributed by atoms with Crippen molar-refractivity contribution in [1.29, 1.82) is 0 Å². The summed E-state index contributed by atoms with van der Waals surface area (Å²) in [6, 6.07) is 5.05. The molecule has 1 aromatic rings. The average Bonchev–Trinajstić information content (AvgIpc) is 2.53. The molecule has 2 rings (SSSR count). The maximum Gasteiger partial charge on any atom is 0.214 e. The molecule has 0 N–H and O–H groups in total. The Bertz CT molecular complexity index is 398. The molecule has 0 aliphatic carbocycles. The van der Waals surface area contributed by atoms with E-state index in [-0.39, 0.29) is 5.95 Å². The van der Waals surface area contributed by atoms with Gasteiger partial charge in [-0.25, -0.2) is 4.98 Å².